The van der Waals surface area contributed by atoms with Gasteiger partial charge in [-0.2, -0.15) is 0 Å². The fraction of sp³-hybridized carbons (Fsp3) is 0.381. The molecule has 1 heterocycles. The summed E-state index contributed by atoms with van der Waals surface area (Å²) in [7, 11) is 0. The third kappa shape index (κ3) is 6.64. The van der Waals surface area contributed by atoms with Crippen LogP contribution in [0.2, 0.25) is 5.02 Å². The van der Waals surface area contributed by atoms with Crippen molar-refractivity contribution in [1.29, 1.82) is 0 Å². The molecule has 0 fully saturated rings. The van der Waals surface area contributed by atoms with Crippen LogP contribution in [-0.4, -0.2) is 29.8 Å². The van der Waals surface area contributed by atoms with Crippen molar-refractivity contribution in [2.24, 2.45) is 5.92 Å². The number of benzene rings is 1. The Kier molecular flexibility index (Phi) is 8.27. The molecule has 7 nitrogen and oxygen atoms in total. The maximum absolute atomic E-state index is 12.8. The fourth-order valence-electron chi connectivity index (χ4n) is 2.64. The van der Waals surface area contributed by atoms with E-state index in [4.69, 9.17) is 16.0 Å². The third-order valence-electron chi connectivity index (χ3n) is 4.66. The van der Waals surface area contributed by atoms with E-state index in [0.717, 1.165) is 0 Å². The van der Waals surface area contributed by atoms with Gasteiger partial charge in [0.2, 0.25) is 11.8 Å². The van der Waals surface area contributed by atoms with Crippen molar-refractivity contribution in [3.63, 3.8) is 0 Å². The van der Waals surface area contributed by atoms with Gasteiger partial charge in [-0.15, -0.1) is 0 Å². The van der Waals surface area contributed by atoms with Crippen LogP contribution in [0.1, 0.15) is 43.3 Å². The number of rotatable bonds is 9. The Morgan fingerprint density at radius 3 is 2.31 bits per heavy atom. The molecule has 1 aromatic heterocycles. The van der Waals surface area contributed by atoms with Gasteiger partial charge >= 0.3 is 0 Å². The zero-order chi connectivity index (χ0) is 21.4. The number of halogens is 1. The molecule has 3 N–H and O–H groups in total. The summed E-state index contributed by atoms with van der Waals surface area (Å²) in [5.41, 5.74) is 0.403. The lowest BCUT2D eigenvalue weighted by Gasteiger charge is -2.25. The van der Waals surface area contributed by atoms with Gasteiger partial charge in [-0.25, -0.2) is 0 Å². The first-order valence-corrected chi connectivity index (χ1v) is 9.86. The van der Waals surface area contributed by atoms with E-state index in [1.54, 1.807) is 43.3 Å². The van der Waals surface area contributed by atoms with Crippen LogP contribution in [0.5, 0.6) is 0 Å². The Morgan fingerprint density at radius 2 is 1.72 bits per heavy atom. The average Bonchev–Trinajstić information content (AvgIpc) is 3.23. The molecule has 0 aliphatic carbocycles. The summed E-state index contributed by atoms with van der Waals surface area (Å²) in [6, 6.07) is 8.34. The minimum Gasteiger partial charge on any atom is -0.467 e. The summed E-state index contributed by atoms with van der Waals surface area (Å²) in [6.45, 7) is 5.62. The zero-order valence-corrected chi connectivity index (χ0v) is 17.5. The summed E-state index contributed by atoms with van der Waals surface area (Å²) < 4.78 is 5.16. The molecular formula is C21H26ClN3O4. The van der Waals surface area contributed by atoms with E-state index in [0.29, 0.717) is 22.8 Å². The summed E-state index contributed by atoms with van der Waals surface area (Å²) in [5.74, 6) is -0.643. The number of furan rings is 1. The second kappa shape index (κ2) is 10.7. The van der Waals surface area contributed by atoms with Crippen LogP contribution in [0.4, 0.5) is 0 Å². The molecule has 156 valence electrons. The molecule has 1 aromatic carbocycles. The molecule has 0 aliphatic rings. The van der Waals surface area contributed by atoms with E-state index < -0.39 is 18.0 Å². The second-order valence-electron chi connectivity index (χ2n) is 6.87. The van der Waals surface area contributed by atoms with Gasteiger partial charge in [-0.05, 0) is 49.2 Å². The maximum Gasteiger partial charge on any atom is 0.251 e. The summed E-state index contributed by atoms with van der Waals surface area (Å²) >= 11 is 5.85. The van der Waals surface area contributed by atoms with Gasteiger partial charge in [0.25, 0.3) is 5.91 Å². The van der Waals surface area contributed by atoms with Gasteiger partial charge in [-0.1, -0.05) is 31.9 Å². The van der Waals surface area contributed by atoms with Crippen LogP contribution >= 0.6 is 11.6 Å². The highest BCUT2D eigenvalue weighted by Gasteiger charge is 2.28. The summed E-state index contributed by atoms with van der Waals surface area (Å²) in [6.07, 6.45) is 2.20. The number of amides is 3. The third-order valence-corrected chi connectivity index (χ3v) is 4.91. The van der Waals surface area contributed by atoms with E-state index in [1.807, 2.05) is 13.8 Å². The quantitative estimate of drug-likeness (QED) is 0.581. The van der Waals surface area contributed by atoms with Gasteiger partial charge in [0.1, 0.15) is 17.8 Å². The van der Waals surface area contributed by atoms with Crippen LogP contribution in [0.3, 0.4) is 0 Å². The molecule has 3 unspecified atom stereocenters. The molecule has 0 bridgehead atoms. The highest BCUT2D eigenvalue weighted by molar-refractivity contribution is 6.30. The van der Waals surface area contributed by atoms with E-state index in [-0.39, 0.29) is 24.3 Å². The lowest BCUT2D eigenvalue weighted by Crippen LogP contribution is -2.54. The topological polar surface area (TPSA) is 100 Å². The van der Waals surface area contributed by atoms with E-state index >= 15 is 0 Å². The monoisotopic (exact) mass is 419 g/mol. The number of carbonyl (C=O) groups excluding carboxylic acids is 3. The van der Waals surface area contributed by atoms with Crippen molar-refractivity contribution in [2.75, 3.05) is 0 Å². The molecule has 2 rings (SSSR count). The van der Waals surface area contributed by atoms with E-state index in [9.17, 15) is 14.4 Å². The predicted octanol–water partition coefficient (Wildman–Crippen LogP) is 2.90. The molecule has 0 spiro atoms. The molecule has 0 radical (unpaired) electrons. The first-order chi connectivity index (χ1) is 13.8. The summed E-state index contributed by atoms with van der Waals surface area (Å²) in [4.78, 5) is 37.5. The van der Waals surface area contributed by atoms with Crippen LogP contribution in [0.15, 0.2) is 47.1 Å². The van der Waals surface area contributed by atoms with Crippen molar-refractivity contribution in [2.45, 2.75) is 45.8 Å². The SMILES string of the molecule is CCC(C)C(NC(=O)c1ccc(Cl)cc1)C(=O)NC(C)C(=O)NCc1ccco1. The second-order valence-corrected chi connectivity index (χ2v) is 7.31. The fourth-order valence-corrected chi connectivity index (χ4v) is 2.76. The van der Waals surface area contributed by atoms with Gasteiger partial charge < -0.3 is 20.4 Å². The van der Waals surface area contributed by atoms with Crippen molar-refractivity contribution in [3.8, 4) is 0 Å². The summed E-state index contributed by atoms with van der Waals surface area (Å²) in [5, 5.41) is 8.65. The van der Waals surface area contributed by atoms with Crippen LogP contribution in [-0.2, 0) is 16.1 Å². The first-order valence-electron chi connectivity index (χ1n) is 9.48. The normalized spacial score (nSPS) is 13.8. The smallest absolute Gasteiger partial charge is 0.251 e. The minimum atomic E-state index is -0.775. The van der Waals surface area contributed by atoms with Crippen molar-refractivity contribution >= 4 is 29.3 Å². The Balaban J connectivity index is 1.97. The van der Waals surface area contributed by atoms with Gasteiger partial charge in [0.15, 0.2) is 0 Å². The lowest BCUT2D eigenvalue weighted by atomic mass is 9.97. The van der Waals surface area contributed by atoms with Crippen LogP contribution in [0, 0.1) is 5.92 Å². The molecule has 3 amide bonds. The molecule has 29 heavy (non-hydrogen) atoms. The maximum atomic E-state index is 12.8. The largest absolute Gasteiger partial charge is 0.467 e. The first kappa shape index (κ1) is 22.5. The molecule has 0 saturated heterocycles. The highest BCUT2D eigenvalue weighted by atomic mass is 35.5. The standard InChI is InChI=1S/C21H26ClN3O4/c1-4-13(2)18(25-20(27)15-7-9-16(22)10-8-15)21(28)24-14(3)19(26)23-12-17-6-5-11-29-17/h5-11,13-14,18H,4,12H2,1-3H3,(H,23,26)(H,24,28)(H,25,27). The molecule has 8 heteroatoms. The van der Waals surface area contributed by atoms with Crippen LogP contribution < -0.4 is 16.0 Å². The predicted molar refractivity (Wildman–Crippen MR) is 110 cm³/mol. The van der Waals surface area contributed by atoms with E-state index in [2.05, 4.69) is 16.0 Å². The molecule has 2 aromatic rings. The van der Waals surface area contributed by atoms with Crippen molar-refractivity contribution in [1.82, 2.24) is 16.0 Å². The number of carbonyl (C=O) groups is 3. The number of hydrogen-bond donors (Lipinski definition) is 3. The Morgan fingerprint density at radius 1 is 1.03 bits per heavy atom. The van der Waals surface area contributed by atoms with Gasteiger partial charge in [0, 0.05) is 10.6 Å². The van der Waals surface area contributed by atoms with Crippen molar-refractivity contribution in [3.05, 3.63) is 59.0 Å². The average molecular weight is 420 g/mol. The van der Waals surface area contributed by atoms with E-state index in [1.165, 1.54) is 6.26 Å². The molecular weight excluding hydrogens is 394 g/mol. The Labute approximate surface area is 175 Å². The number of nitrogens with one attached hydrogen (secondary N) is 3. The molecule has 3 atom stereocenters. The highest BCUT2D eigenvalue weighted by Crippen LogP contribution is 2.12. The Hall–Kier alpha value is -2.80. The zero-order valence-electron chi connectivity index (χ0n) is 16.7. The van der Waals surface area contributed by atoms with Gasteiger partial charge in [0.05, 0.1) is 12.8 Å². The molecule has 0 saturated carbocycles. The Bertz CT molecular complexity index is 821. The minimum absolute atomic E-state index is 0.121. The lowest BCUT2D eigenvalue weighted by molar-refractivity contribution is -0.130. The molecule has 0 aliphatic heterocycles. The number of hydrogen-bond acceptors (Lipinski definition) is 4. The van der Waals surface area contributed by atoms with Crippen LogP contribution in [0.25, 0.3) is 0 Å². The van der Waals surface area contributed by atoms with Gasteiger partial charge in [-0.3, -0.25) is 14.4 Å². The van der Waals surface area contributed by atoms with Crippen molar-refractivity contribution < 1.29 is 18.8 Å².